The van der Waals surface area contributed by atoms with Gasteiger partial charge < -0.3 is 14.9 Å². The first-order chi connectivity index (χ1) is 24.1. The molecule has 0 atom stereocenters. The van der Waals surface area contributed by atoms with Gasteiger partial charge in [-0.15, -0.1) is 4.73 Å². The molecule has 0 unspecified atom stereocenters. The van der Waals surface area contributed by atoms with Crippen LogP contribution in [-0.4, -0.2) is 27.7 Å². The van der Waals surface area contributed by atoms with Gasteiger partial charge in [-0.1, -0.05) is 152 Å². The fourth-order valence-corrected chi connectivity index (χ4v) is 5.94. The van der Waals surface area contributed by atoms with Crippen LogP contribution in [0.5, 0.6) is 11.8 Å². The maximum absolute atomic E-state index is 12.3. The number of aromatic nitrogens is 1. The van der Waals surface area contributed by atoms with E-state index in [2.05, 4.69) is 62.5 Å². The van der Waals surface area contributed by atoms with E-state index < -0.39 is 6.16 Å². The summed E-state index contributed by atoms with van der Waals surface area (Å²) >= 11 is 0. The molecular formula is C43H73NO5. The molecule has 0 fully saturated rings. The van der Waals surface area contributed by atoms with E-state index in [-0.39, 0.29) is 17.7 Å². The van der Waals surface area contributed by atoms with E-state index in [4.69, 9.17) is 9.57 Å². The second kappa shape index (κ2) is 33.6. The molecule has 1 aromatic rings. The summed E-state index contributed by atoms with van der Waals surface area (Å²) in [5.74, 6) is -0.418. The van der Waals surface area contributed by atoms with E-state index in [0.29, 0.717) is 11.3 Å². The summed E-state index contributed by atoms with van der Waals surface area (Å²) in [6.07, 6.45) is 49.2. The monoisotopic (exact) mass is 684 g/mol. The number of unbranched alkanes of at least 4 members (excludes halogenated alkanes) is 18. The third-order valence-corrected chi connectivity index (χ3v) is 9.03. The lowest BCUT2D eigenvalue weighted by atomic mass is 9.94. The van der Waals surface area contributed by atoms with Crippen LogP contribution in [0, 0.1) is 5.92 Å². The lowest BCUT2D eigenvalue weighted by Crippen LogP contribution is -2.23. The standard InChI is InChI=1S/C43H73NO5/c1-3-5-7-9-11-13-15-17-19-21-23-25-27-29-31-33-35-40(39-48-43(47)49-44-41(45)37-38-42(44)46)36-34-32-30-28-26-24-22-20-18-16-14-12-10-8-6-4-2/h11-14,17-20,37-38,40,45-46H,3-10,15-16,21-36,39H2,1-2H3. The van der Waals surface area contributed by atoms with E-state index >= 15 is 0 Å². The van der Waals surface area contributed by atoms with Crippen molar-refractivity contribution in [1.29, 1.82) is 0 Å². The summed E-state index contributed by atoms with van der Waals surface area (Å²) < 4.78 is 6.09. The van der Waals surface area contributed by atoms with Crippen molar-refractivity contribution in [3.05, 3.63) is 60.7 Å². The molecule has 0 aliphatic rings. The highest BCUT2D eigenvalue weighted by molar-refractivity contribution is 5.60. The Hall–Kier alpha value is -2.89. The number of hydrogen-bond acceptors (Lipinski definition) is 5. The Morgan fingerprint density at radius 2 is 0.939 bits per heavy atom. The Morgan fingerprint density at radius 3 is 1.35 bits per heavy atom. The molecule has 6 heteroatoms. The Labute approximate surface area is 300 Å². The number of ether oxygens (including phenoxy) is 1. The van der Waals surface area contributed by atoms with Crippen molar-refractivity contribution in [2.45, 2.75) is 181 Å². The summed E-state index contributed by atoms with van der Waals surface area (Å²) in [7, 11) is 0. The van der Waals surface area contributed by atoms with Crippen molar-refractivity contribution in [3.63, 3.8) is 0 Å². The van der Waals surface area contributed by atoms with Gasteiger partial charge in [0, 0.05) is 12.1 Å². The number of allylic oxidation sites excluding steroid dienone is 8. The van der Waals surface area contributed by atoms with Crippen LogP contribution in [0.3, 0.4) is 0 Å². The van der Waals surface area contributed by atoms with Crippen molar-refractivity contribution in [3.8, 4) is 11.8 Å². The van der Waals surface area contributed by atoms with Crippen LogP contribution in [-0.2, 0) is 4.74 Å². The average Bonchev–Trinajstić information content (AvgIpc) is 3.41. The number of aromatic hydroxyl groups is 2. The fourth-order valence-electron chi connectivity index (χ4n) is 5.94. The molecule has 0 bridgehead atoms. The first kappa shape index (κ1) is 44.1. The summed E-state index contributed by atoms with van der Waals surface area (Å²) in [6.45, 7) is 4.79. The van der Waals surface area contributed by atoms with Crippen molar-refractivity contribution in [1.82, 2.24) is 4.73 Å². The molecular weight excluding hydrogens is 610 g/mol. The zero-order valence-electron chi connectivity index (χ0n) is 31.5. The lowest BCUT2D eigenvalue weighted by Gasteiger charge is -2.17. The van der Waals surface area contributed by atoms with E-state index in [0.717, 1.165) is 38.5 Å². The van der Waals surface area contributed by atoms with Crippen LogP contribution in [0.1, 0.15) is 181 Å². The van der Waals surface area contributed by atoms with Gasteiger partial charge in [0.2, 0.25) is 11.8 Å². The van der Waals surface area contributed by atoms with Crippen molar-refractivity contribution < 1.29 is 24.6 Å². The highest BCUT2D eigenvalue weighted by Gasteiger charge is 2.16. The van der Waals surface area contributed by atoms with Crippen LogP contribution in [0.2, 0.25) is 0 Å². The molecule has 0 saturated carbocycles. The largest absolute Gasteiger partial charge is 0.533 e. The minimum atomic E-state index is -0.916. The predicted octanol–water partition coefficient (Wildman–Crippen LogP) is 13.5. The Kier molecular flexibility index (Phi) is 30.3. The van der Waals surface area contributed by atoms with Gasteiger partial charge in [0.1, 0.15) is 0 Å². The molecule has 1 aromatic heterocycles. The van der Waals surface area contributed by atoms with Gasteiger partial charge in [-0.25, -0.2) is 4.79 Å². The Morgan fingerprint density at radius 1 is 0.571 bits per heavy atom. The lowest BCUT2D eigenvalue weighted by molar-refractivity contribution is 0.0249. The smallest absolute Gasteiger partial charge is 0.492 e. The molecule has 0 saturated heterocycles. The van der Waals surface area contributed by atoms with Crippen LogP contribution in [0.4, 0.5) is 4.79 Å². The normalized spacial score (nSPS) is 12.7. The SMILES string of the molecule is CCCCCC=CCC=CCCCCCCCCC(CCCCCCCCC=CCC=CCCCCC)COC(=O)On1c(O)ccc1O. The minimum absolute atomic E-state index is 0.288. The average molecular weight is 684 g/mol. The van der Waals surface area contributed by atoms with Gasteiger partial charge in [-0.2, -0.15) is 0 Å². The highest BCUT2D eigenvalue weighted by atomic mass is 16.8. The third kappa shape index (κ3) is 27.6. The predicted molar refractivity (Wildman–Crippen MR) is 207 cm³/mol. The first-order valence-electron chi connectivity index (χ1n) is 20.1. The van der Waals surface area contributed by atoms with E-state index in [1.807, 2.05) is 0 Å². The molecule has 280 valence electrons. The first-order valence-corrected chi connectivity index (χ1v) is 20.1. The van der Waals surface area contributed by atoms with Crippen molar-refractivity contribution >= 4 is 6.16 Å². The van der Waals surface area contributed by atoms with Crippen LogP contribution >= 0.6 is 0 Å². The maximum atomic E-state index is 12.3. The maximum Gasteiger partial charge on any atom is 0.533 e. The second-order valence-corrected chi connectivity index (χ2v) is 13.6. The fraction of sp³-hybridized carbons (Fsp3) is 0.698. The molecule has 0 spiro atoms. The topological polar surface area (TPSA) is 80.9 Å². The van der Waals surface area contributed by atoms with Crippen LogP contribution < -0.4 is 4.84 Å². The number of carbonyl (C=O) groups is 1. The summed E-state index contributed by atoms with van der Waals surface area (Å²) in [4.78, 5) is 17.2. The highest BCUT2D eigenvalue weighted by Crippen LogP contribution is 2.22. The number of hydrogen-bond donors (Lipinski definition) is 2. The molecule has 49 heavy (non-hydrogen) atoms. The van der Waals surface area contributed by atoms with Gasteiger partial charge >= 0.3 is 6.16 Å². The molecule has 1 heterocycles. The number of nitrogens with zero attached hydrogens (tertiary/aromatic N) is 1. The summed E-state index contributed by atoms with van der Waals surface area (Å²) in [5.41, 5.74) is 0. The van der Waals surface area contributed by atoms with E-state index in [9.17, 15) is 15.0 Å². The molecule has 0 aliphatic carbocycles. The second-order valence-electron chi connectivity index (χ2n) is 13.6. The Balaban J connectivity index is 2.22. The van der Waals surface area contributed by atoms with Gasteiger partial charge in [0.25, 0.3) is 0 Å². The van der Waals surface area contributed by atoms with Crippen LogP contribution in [0.25, 0.3) is 0 Å². The molecule has 2 N–H and O–H groups in total. The van der Waals surface area contributed by atoms with Gasteiger partial charge in [-0.3, -0.25) is 4.84 Å². The molecule has 0 radical (unpaired) electrons. The van der Waals surface area contributed by atoms with Gasteiger partial charge in [0.15, 0.2) is 0 Å². The number of carbonyl (C=O) groups excluding carboxylic acids is 1. The van der Waals surface area contributed by atoms with E-state index in [1.165, 1.54) is 141 Å². The third-order valence-electron chi connectivity index (χ3n) is 9.03. The Bertz CT molecular complexity index is 940. The van der Waals surface area contributed by atoms with Gasteiger partial charge in [-0.05, 0) is 83.0 Å². The summed E-state index contributed by atoms with van der Waals surface area (Å²) in [5, 5.41) is 19.5. The summed E-state index contributed by atoms with van der Waals surface area (Å²) in [6, 6.07) is 2.51. The minimum Gasteiger partial charge on any atom is -0.492 e. The van der Waals surface area contributed by atoms with Crippen LogP contribution in [0.15, 0.2) is 60.7 Å². The van der Waals surface area contributed by atoms with E-state index in [1.54, 1.807) is 0 Å². The molecule has 0 amide bonds. The quantitative estimate of drug-likeness (QED) is 0.0438. The molecule has 6 nitrogen and oxygen atoms in total. The zero-order valence-corrected chi connectivity index (χ0v) is 31.5. The van der Waals surface area contributed by atoms with Crippen molar-refractivity contribution in [2.24, 2.45) is 5.92 Å². The molecule has 0 aromatic carbocycles. The zero-order chi connectivity index (χ0) is 35.5. The molecule has 1 rings (SSSR count). The number of rotatable bonds is 33. The molecule has 0 aliphatic heterocycles. The van der Waals surface area contributed by atoms with Gasteiger partial charge in [0.05, 0.1) is 6.61 Å². The van der Waals surface area contributed by atoms with Crippen molar-refractivity contribution in [2.75, 3.05) is 6.61 Å².